The van der Waals surface area contributed by atoms with Crippen molar-refractivity contribution in [3.05, 3.63) is 46.2 Å². The van der Waals surface area contributed by atoms with E-state index in [1.807, 2.05) is 6.07 Å². The molecule has 1 aliphatic rings. The minimum Gasteiger partial charge on any atom is -0.486 e. The van der Waals surface area contributed by atoms with Crippen molar-refractivity contribution >= 4 is 11.3 Å². The lowest BCUT2D eigenvalue weighted by Gasteiger charge is -2.19. The number of hydrogen-bond donors (Lipinski definition) is 1. The normalized spacial score (nSPS) is 15.1. The summed E-state index contributed by atoms with van der Waals surface area (Å²) in [5, 5.41) is 5.67. The van der Waals surface area contributed by atoms with Gasteiger partial charge >= 0.3 is 0 Å². The summed E-state index contributed by atoms with van der Waals surface area (Å²) in [5.41, 5.74) is 1.28. The third-order valence-corrected chi connectivity index (χ3v) is 4.50. The molecule has 0 spiro atoms. The highest BCUT2D eigenvalue weighted by molar-refractivity contribution is 7.10. The zero-order chi connectivity index (χ0) is 13.8. The van der Waals surface area contributed by atoms with Gasteiger partial charge in [-0.1, -0.05) is 12.1 Å². The lowest BCUT2D eigenvalue weighted by Crippen LogP contribution is -2.21. The average molecular weight is 289 g/mol. The first-order chi connectivity index (χ1) is 9.83. The third-order valence-electron chi connectivity index (χ3n) is 3.44. The van der Waals surface area contributed by atoms with E-state index in [0.717, 1.165) is 24.5 Å². The van der Waals surface area contributed by atoms with E-state index in [0.29, 0.717) is 19.3 Å². The van der Waals surface area contributed by atoms with Gasteiger partial charge in [0.15, 0.2) is 11.5 Å². The molecular formula is C16H19NO2S. The Labute approximate surface area is 123 Å². The number of ether oxygens (including phenoxy) is 2. The second kappa shape index (κ2) is 6.29. The molecule has 0 aliphatic carbocycles. The van der Waals surface area contributed by atoms with Crippen LogP contribution >= 0.6 is 11.3 Å². The van der Waals surface area contributed by atoms with Gasteiger partial charge in [-0.2, -0.15) is 0 Å². The first kappa shape index (κ1) is 13.5. The Bertz CT molecular complexity index is 554. The van der Waals surface area contributed by atoms with Crippen LogP contribution in [0.25, 0.3) is 0 Å². The van der Waals surface area contributed by atoms with Gasteiger partial charge in [0.05, 0.1) is 0 Å². The average Bonchev–Trinajstić information content (AvgIpc) is 3.01. The van der Waals surface area contributed by atoms with Crippen LogP contribution in [0.5, 0.6) is 11.5 Å². The Hall–Kier alpha value is -1.52. The summed E-state index contributed by atoms with van der Waals surface area (Å²) >= 11 is 1.80. The molecule has 0 bridgehead atoms. The minimum atomic E-state index is 0.409. The predicted molar refractivity (Wildman–Crippen MR) is 81.9 cm³/mol. The summed E-state index contributed by atoms with van der Waals surface area (Å²) in [6.07, 6.45) is 0.992. The van der Waals surface area contributed by atoms with E-state index >= 15 is 0 Å². The summed E-state index contributed by atoms with van der Waals surface area (Å²) in [5.74, 6) is 1.74. The van der Waals surface area contributed by atoms with Crippen LogP contribution in [0.1, 0.15) is 23.4 Å². The number of fused-ring (bicyclic) bond motifs is 1. The largest absolute Gasteiger partial charge is 0.486 e. The molecule has 0 fully saturated rings. The quantitative estimate of drug-likeness (QED) is 0.915. The van der Waals surface area contributed by atoms with Gasteiger partial charge in [-0.25, -0.2) is 0 Å². The molecular weight excluding hydrogens is 270 g/mol. The van der Waals surface area contributed by atoms with E-state index in [9.17, 15) is 0 Å². The van der Waals surface area contributed by atoms with Gasteiger partial charge in [0.1, 0.15) is 13.2 Å². The Morgan fingerprint density at radius 2 is 2.05 bits per heavy atom. The van der Waals surface area contributed by atoms with Gasteiger partial charge in [-0.3, -0.25) is 0 Å². The summed E-state index contributed by atoms with van der Waals surface area (Å²) in [6, 6.07) is 10.9. The standard InChI is InChI=1S/C16H19NO2S/c1-12(16-3-2-10-20-16)17-7-6-13-4-5-14-15(11-13)19-9-8-18-14/h2-5,10-12,17H,6-9H2,1H3. The van der Waals surface area contributed by atoms with Gasteiger partial charge < -0.3 is 14.8 Å². The highest BCUT2D eigenvalue weighted by Crippen LogP contribution is 2.30. The Morgan fingerprint density at radius 1 is 1.20 bits per heavy atom. The second-order valence-electron chi connectivity index (χ2n) is 4.92. The van der Waals surface area contributed by atoms with Gasteiger partial charge in [0, 0.05) is 10.9 Å². The fraction of sp³-hybridized carbons (Fsp3) is 0.375. The molecule has 1 atom stereocenters. The van der Waals surface area contributed by atoms with Crippen LogP contribution in [0.4, 0.5) is 0 Å². The number of benzene rings is 1. The highest BCUT2D eigenvalue weighted by Gasteiger charge is 2.11. The SMILES string of the molecule is CC(NCCc1ccc2c(c1)OCCO2)c1cccs1. The fourth-order valence-electron chi connectivity index (χ4n) is 2.31. The van der Waals surface area contributed by atoms with Gasteiger partial charge in [-0.05, 0) is 49.0 Å². The molecule has 2 aromatic rings. The van der Waals surface area contributed by atoms with E-state index in [2.05, 4.69) is 41.9 Å². The van der Waals surface area contributed by atoms with E-state index in [4.69, 9.17) is 9.47 Å². The predicted octanol–water partition coefficient (Wildman–Crippen LogP) is 3.41. The van der Waals surface area contributed by atoms with Crippen LogP contribution in [0, 0.1) is 0 Å². The molecule has 3 nitrogen and oxygen atoms in total. The van der Waals surface area contributed by atoms with Gasteiger partial charge in [0.2, 0.25) is 0 Å². The third kappa shape index (κ3) is 3.14. The maximum atomic E-state index is 5.61. The van der Waals surface area contributed by atoms with Crippen LogP contribution in [-0.2, 0) is 6.42 Å². The van der Waals surface area contributed by atoms with Crippen LogP contribution in [0.15, 0.2) is 35.7 Å². The Morgan fingerprint density at radius 3 is 2.85 bits per heavy atom. The zero-order valence-electron chi connectivity index (χ0n) is 11.6. The summed E-state index contributed by atoms with van der Waals surface area (Å²) in [7, 11) is 0. The van der Waals surface area contributed by atoms with Crippen molar-refractivity contribution in [2.75, 3.05) is 19.8 Å². The fourth-order valence-corrected chi connectivity index (χ4v) is 3.07. The molecule has 20 heavy (non-hydrogen) atoms. The van der Waals surface area contributed by atoms with Crippen molar-refractivity contribution in [1.29, 1.82) is 0 Å². The molecule has 1 N–H and O–H groups in total. The zero-order valence-corrected chi connectivity index (χ0v) is 12.4. The Kier molecular flexibility index (Phi) is 4.23. The Balaban J connectivity index is 1.53. The number of rotatable bonds is 5. The van der Waals surface area contributed by atoms with Crippen molar-refractivity contribution in [2.24, 2.45) is 0 Å². The molecule has 0 amide bonds. The topological polar surface area (TPSA) is 30.5 Å². The second-order valence-corrected chi connectivity index (χ2v) is 5.90. The lowest BCUT2D eigenvalue weighted by atomic mass is 10.1. The molecule has 1 aromatic heterocycles. The first-order valence-corrected chi connectivity index (χ1v) is 7.86. The molecule has 3 rings (SSSR count). The smallest absolute Gasteiger partial charge is 0.161 e. The maximum Gasteiger partial charge on any atom is 0.161 e. The van der Waals surface area contributed by atoms with Crippen molar-refractivity contribution < 1.29 is 9.47 Å². The van der Waals surface area contributed by atoms with Crippen molar-refractivity contribution in [3.8, 4) is 11.5 Å². The van der Waals surface area contributed by atoms with E-state index < -0.39 is 0 Å². The van der Waals surface area contributed by atoms with Gasteiger partial charge in [-0.15, -0.1) is 11.3 Å². The van der Waals surface area contributed by atoms with Gasteiger partial charge in [0.25, 0.3) is 0 Å². The summed E-state index contributed by atoms with van der Waals surface area (Å²) < 4.78 is 11.1. The minimum absolute atomic E-state index is 0.409. The molecule has 1 unspecified atom stereocenters. The van der Waals surface area contributed by atoms with Crippen LogP contribution in [-0.4, -0.2) is 19.8 Å². The molecule has 4 heteroatoms. The van der Waals surface area contributed by atoms with Crippen molar-refractivity contribution in [3.63, 3.8) is 0 Å². The number of hydrogen-bond acceptors (Lipinski definition) is 4. The van der Waals surface area contributed by atoms with Crippen LogP contribution < -0.4 is 14.8 Å². The first-order valence-electron chi connectivity index (χ1n) is 6.98. The molecule has 2 heterocycles. The monoisotopic (exact) mass is 289 g/mol. The van der Waals surface area contributed by atoms with Crippen LogP contribution in [0.2, 0.25) is 0 Å². The molecule has 106 valence electrons. The van der Waals surface area contributed by atoms with Crippen molar-refractivity contribution in [1.82, 2.24) is 5.32 Å². The highest BCUT2D eigenvalue weighted by atomic mass is 32.1. The summed E-state index contributed by atoms with van der Waals surface area (Å²) in [6.45, 7) is 4.45. The molecule has 1 aliphatic heterocycles. The molecule has 0 saturated heterocycles. The molecule has 0 radical (unpaired) electrons. The maximum absolute atomic E-state index is 5.61. The molecule has 1 aromatic carbocycles. The number of thiophene rings is 1. The van der Waals surface area contributed by atoms with Crippen molar-refractivity contribution in [2.45, 2.75) is 19.4 Å². The summed E-state index contributed by atoms with van der Waals surface area (Å²) in [4.78, 5) is 1.38. The van der Waals surface area contributed by atoms with E-state index in [1.54, 1.807) is 11.3 Å². The molecule has 0 saturated carbocycles. The lowest BCUT2D eigenvalue weighted by molar-refractivity contribution is 0.171. The number of nitrogens with one attached hydrogen (secondary N) is 1. The van der Waals surface area contributed by atoms with Crippen LogP contribution in [0.3, 0.4) is 0 Å². The van der Waals surface area contributed by atoms with E-state index in [-0.39, 0.29) is 0 Å². The van der Waals surface area contributed by atoms with E-state index in [1.165, 1.54) is 10.4 Å².